The molecule has 6 heteroatoms. The van der Waals surface area contributed by atoms with Crippen molar-refractivity contribution in [1.29, 1.82) is 0 Å². The molecule has 1 heterocycles. The van der Waals surface area contributed by atoms with Gasteiger partial charge in [0.15, 0.2) is 0 Å². The molecule has 1 saturated heterocycles. The normalized spacial score (nSPS) is 32.1. The number of hydrogen-bond acceptors (Lipinski definition) is 5. The van der Waals surface area contributed by atoms with Gasteiger partial charge in [0.2, 0.25) is 0 Å². The van der Waals surface area contributed by atoms with E-state index in [2.05, 4.69) is 0 Å². The van der Waals surface area contributed by atoms with Gasteiger partial charge >= 0.3 is 7.60 Å². The maximum absolute atomic E-state index is 12.2. The molecule has 18 heavy (non-hydrogen) atoms. The Hall–Kier alpha value is 0.0700. The number of rotatable bonds is 6. The maximum Gasteiger partial charge on any atom is 0.328 e. The first-order valence-corrected chi connectivity index (χ1v) is 8.41. The quantitative estimate of drug-likeness (QED) is 0.700. The number of hydrogen-bond donors (Lipinski definition) is 0. The molecule has 108 valence electrons. The highest BCUT2D eigenvalue weighted by Crippen LogP contribution is 2.48. The van der Waals surface area contributed by atoms with Crippen molar-refractivity contribution >= 4 is 7.60 Å². The monoisotopic (exact) mass is 280 g/mol. The van der Waals surface area contributed by atoms with Crippen molar-refractivity contribution in [3.05, 3.63) is 0 Å². The molecule has 0 spiro atoms. The molecule has 0 amide bonds. The molecule has 0 N–H and O–H groups in total. The van der Waals surface area contributed by atoms with E-state index in [0.717, 1.165) is 0 Å². The van der Waals surface area contributed by atoms with Crippen molar-refractivity contribution in [2.45, 2.75) is 65.1 Å². The van der Waals surface area contributed by atoms with Crippen molar-refractivity contribution in [3.63, 3.8) is 0 Å². The summed E-state index contributed by atoms with van der Waals surface area (Å²) in [6.45, 7) is 11.4. The minimum Gasteiger partial charge on any atom is -0.373 e. The summed E-state index contributed by atoms with van der Waals surface area (Å²) in [5.41, 5.74) is 0. The summed E-state index contributed by atoms with van der Waals surface area (Å²) in [6, 6.07) is 0. The van der Waals surface area contributed by atoms with Crippen LogP contribution in [0.1, 0.15) is 34.6 Å². The molecule has 1 aliphatic heterocycles. The zero-order valence-electron chi connectivity index (χ0n) is 12.1. The van der Waals surface area contributed by atoms with E-state index in [0.29, 0.717) is 6.61 Å². The molecule has 5 nitrogen and oxygen atoms in total. The second-order valence-corrected chi connectivity index (χ2v) is 7.22. The summed E-state index contributed by atoms with van der Waals surface area (Å²) in [5, 5.41) is 0. The third-order valence-corrected chi connectivity index (χ3v) is 3.95. The standard InChI is InChI=1S/C12H25O5P/c1-8(2)15-11-7-14-10(5)12(11)17-18(6,13)16-9(3)4/h8-12H,7H2,1-6H3. The van der Waals surface area contributed by atoms with Crippen LogP contribution >= 0.6 is 7.60 Å². The summed E-state index contributed by atoms with van der Waals surface area (Å²) in [6.07, 6.45) is -0.732. The average Bonchev–Trinajstić information content (AvgIpc) is 2.46. The van der Waals surface area contributed by atoms with Crippen LogP contribution in [0.15, 0.2) is 0 Å². The summed E-state index contributed by atoms with van der Waals surface area (Å²) in [5.74, 6) is 0. The fourth-order valence-corrected chi connectivity index (χ4v) is 3.55. The lowest BCUT2D eigenvalue weighted by Crippen LogP contribution is -2.35. The lowest BCUT2D eigenvalue weighted by atomic mass is 10.2. The molecule has 1 aliphatic rings. The first kappa shape index (κ1) is 16.1. The Morgan fingerprint density at radius 3 is 2.33 bits per heavy atom. The van der Waals surface area contributed by atoms with Crippen LogP contribution in [0.5, 0.6) is 0 Å². The van der Waals surface area contributed by atoms with E-state index in [4.69, 9.17) is 18.5 Å². The van der Waals surface area contributed by atoms with Gasteiger partial charge in [-0.05, 0) is 34.6 Å². The van der Waals surface area contributed by atoms with Gasteiger partial charge in [-0.2, -0.15) is 0 Å². The molecule has 0 radical (unpaired) electrons. The highest BCUT2D eigenvalue weighted by Gasteiger charge is 2.40. The van der Waals surface area contributed by atoms with Gasteiger partial charge in [-0.3, -0.25) is 9.09 Å². The van der Waals surface area contributed by atoms with Gasteiger partial charge < -0.3 is 14.0 Å². The Labute approximate surface area is 110 Å². The molecule has 0 bridgehead atoms. The van der Waals surface area contributed by atoms with E-state index in [1.54, 1.807) is 0 Å². The molecule has 0 saturated carbocycles. The summed E-state index contributed by atoms with van der Waals surface area (Å²) < 4.78 is 34.4. The Balaban J connectivity index is 2.64. The largest absolute Gasteiger partial charge is 0.373 e. The van der Waals surface area contributed by atoms with Crippen LogP contribution < -0.4 is 0 Å². The Morgan fingerprint density at radius 1 is 1.22 bits per heavy atom. The Morgan fingerprint density at radius 2 is 1.83 bits per heavy atom. The number of ether oxygens (including phenoxy) is 2. The minimum absolute atomic E-state index is 0.0808. The van der Waals surface area contributed by atoms with Gasteiger partial charge in [-0.15, -0.1) is 0 Å². The zero-order chi connectivity index (χ0) is 13.9. The van der Waals surface area contributed by atoms with Crippen LogP contribution in [-0.2, 0) is 23.1 Å². The second kappa shape index (κ2) is 6.49. The lowest BCUT2D eigenvalue weighted by Gasteiger charge is -2.26. The van der Waals surface area contributed by atoms with Crippen LogP contribution in [0.25, 0.3) is 0 Å². The van der Waals surface area contributed by atoms with E-state index in [1.165, 1.54) is 6.66 Å². The predicted octanol–water partition coefficient (Wildman–Crippen LogP) is 2.83. The molecule has 1 rings (SSSR count). The van der Waals surface area contributed by atoms with Gasteiger partial charge in [0, 0.05) is 6.66 Å². The van der Waals surface area contributed by atoms with Gasteiger partial charge in [-0.1, -0.05) is 0 Å². The highest BCUT2D eigenvalue weighted by atomic mass is 31.2. The van der Waals surface area contributed by atoms with Crippen LogP contribution in [0.4, 0.5) is 0 Å². The zero-order valence-corrected chi connectivity index (χ0v) is 13.0. The fraction of sp³-hybridized carbons (Fsp3) is 1.00. The summed E-state index contributed by atoms with van der Waals surface area (Å²) in [7, 11) is -3.08. The van der Waals surface area contributed by atoms with E-state index in [1.807, 2.05) is 34.6 Å². The molecule has 1 fully saturated rings. The van der Waals surface area contributed by atoms with E-state index in [9.17, 15) is 4.57 Å². The molecule has 0 aromatic carbocycles. The van der Waals surface area contributed by atoms with Crippen LogP contribution in [0.2, 0.25) is 0 Å². The van der Waals surface area contributed by atoms with Crippen LogP contribution in [-0.4, -0.2) is 43.8 Å². The Kier molecular flexibility index (Phi) is 5.81. The maximum atomic E-state index is 12.2. The molecule has 4 unspecified atom stereocenters. The van der Waals surface area contributed by atoms with Gasteiger partial charge in [-0.25, -0.2) is 0 Å². The van der Waals surface area contributed by atoms with Gasteiger partial charge in [0.05, 0.1) is 24.9 Å². The first-order valence-electron chi connectivity index (χ1n) is 6.42. The third kappa shape index (κ3) is 4.98. The van der Waals surface area contributed by atoms with E-state index in [-0.39, 0.29) is 30.5 Å². The van der Waals surface area contributed by atoms with Crippen molar-refractivity contribution in [2.75, 3.05) is 13.3 Å². The van der Waals surface area contributed by atoms with E-state index >= 15 is 0 Å². The van der Waals surface area contributed by atoms with Crippen LogP contribution in [0, 0.1) is 0 Å². The average molecular weight is 280 g/mol. The van der Waals surface area contributed by atoms with Gasteiger partial charge in [0.1, 0.15) is 12.2 Å². The first-order chi connectivity index (χ1) is 8.21. The predicted molar refractivity (Wildman–Crippen MR) is 70.0 cm³/mol. The molecule has 4 atom stereocenters. The van der Waals surface area contributed by atoms with E-state index < -0.39 is 7.60 Å². The summed E-state index contributed by atoms with van der Waals surface area (Å²) in [4.78, 5) is 0. The highest BCUT2D eigenvalue weighted by molar-refractivity contribution is 7.53. The van der Waals surface area contributed by atoms with Crippen molar-refractivity contribution in [1.82, 2.24) is 0 Å². The third-order valence-electron chi connectivity index (χ3n) is 2.51. The van der Waals surface area contributed by atoms with Crippen molar-refractivity contribution < 1.29 is 23.1 Å². The molecular formula is C12H25O5P. The smallest absolute Gasteiger partial charge is 0.328 e. The van der Waals surface area contributed by atoms with Crippen molar-refractivity contribution in [3.8, 4) is 0 Å². The minimum atomic E-state index is -3.08. The molecule has 0 aromatic heterocycles. The molecule has 0 aliphatic carbocycles. The SMILES string of the molecule is CC(C)OC1COC(C)C1OP(C)(=O)OC(C)C. The van der Waals surface area contributed by atoms with Crippen molar-refractivity contribution in [2.24, 2.45) is 0 Å². The topological polar surface area (TPSA) is 54.0 Å². The lowest BCUT2D eigenvalue weighted by molar-refractivity contribution is -0.0409. The summed E-state index contributed by atoms with van der Waals surface area (Å²) >= 11 is 0. The molecule has 0 aromatic rings. The van der Waals surface area contributed by atoms with Gasteiger partial charge in [0.25, 0.3) is 0 Å². The molecular weight excluding hydrogens is 255 g/mol. The van der Waals surface area contributed by atoms with Crippen LogP contribution in [0.3, 0.4) is 0 Å². The second-order valence-electron chi connectivity index (χ2n) is 5.26. The fourth-order valence-electron chi connectivity index (χ4n) is 1.99. The Bertz CT molecular complexity index is 305.